The lowest BCUT2D eigenvalue weighted by molar-refractivity contribution is 0.124. The molecule has 1 atom stereocenters. The van der Waals surface area contributed by atoms with E-state index in [1.54, 1.807) is 0 Å². The molecule has 16 heavy (non-hydrogen) atoms. The lowest BCUT2D eigenvalue weighted by atomic mass is 9.94. The van der Waals surface area contributed by atoms with Crippen molar-refractivity contribution in [3.8, 4) is 5.75 Å². The monoisotopic (exact) mass is 216 g/mol. The largest absolute Gasteiger partial charge is 0.483 e. The molecule has 1 aromatic carbocycles. The average Bonchev–Trinajstić information content (AvgIpc) is 2.29. The molecular weight excluding hydrogens is 196 g/mol. The van der Waals surface area contributed by atoms with Gasteiger partial charge in [0.15, 0.2) is 0 Å². The highest BCUT2D eigenvalue weighted by molar-refractivity contribution is 5.60. The minimum absolute atomic E-state index is 0.108. The molecule has 2 rings (SSSR count). The fraction of sp³-hybridized carbons (Fsp3) is 0.467. The van der Waals surface area contributed by atoms with E-state index in [1.807, 2.05) is 12.1 Å². The second-order valence-electron chi connectivity index (χ2n) is 4.74. The fourth-order valence-electron chi connectivity index (χ4n) is 2.12. The average molecular weight is 216 g/mol. The van der Waals surface area contributed by atoms with Gasteiger partial charge in [-0.25, -0.2) is 0 Å². The second-order valence-corrected chi connectivity index (χ2v) is 4.74. The second kappa shape index (κ2) is 4.73. The maximum Gasteiger partial charge on any atom is 0.127 e. The summed E-state index contributed by atoms with van der Waals surface area (Å²) in [6, 6.07) is 8.23. The molecule has 0 unspecified atom stereocenters. The number of unbranched alkanes of at least 4 members (excludes halogenated alkanes) is 2. The number of hydrogen-bond acceptors (Lipinski definition) is 1. The zero-order valence-electron chi connectivity index (χ0n) is 10.2. The number of rotatable bonds is 4. The number of ether oxygens (including phenoxy) is 1. The van der Waals surface area contributed by atoms with E-state index in [9.17, 15) is 0 Å². The molecule has 86 valence electrons. The van der Waals surface area contributed by atoms with Crippen molar-refractivity contribution in [1.29, 1.82) is 0 Å². The summed E-state index contributed by atoms with van der Waals surface area (Å²) >= 11 is 0. The van der Waals surface area contributed by atoms with E-state index in [-0.39, 0.29) is 5.60 Å². The van der Waals surface area contributed by atoms with Gasteiger partial charge < -0.3 is 4.74 Å². The van der Waals surface area contributed by atoms with E-state index in [0.717, 1.165) is 12.2 Å². The zero-order chi connectivity index (χ0) is 11.4. The lowest BCUT2D eigenvalue weighted by Crippen LogP contribution is -2.31. The zero-order valence-corrected chi connectivity index (χ0v) is 10.2. The van der Waals surface area contributed by atoms with Crippen molar-refractivity contribution in [1.82, 2.24) is 0 Å². The third-order valence-corrected chi connectivity index (χ3v) is 3.15. The first kappa shape index (κ1) is 11.3. The molecule has 0 amide bonds. The van der Waals surface area contributed by atoms with Crippen molar-refractivity contribution >= 4 is 6.08 Å². The Labute approximate surface area is 98.1 Å². The maximum absolute atomic E-state index is 6.08. The maximum atomic E-state index is 6.08. The summed E-state index contributed by atoms with van der Waals surface area (Å²) < 4.78 is 6.08. The van der Waals surface area contributed by atoms with Gasteiger partial charge in [-0.15, -0.1) is 0 Å². The Kier molecular flexibility index (Phi) is 3.33. The third-order valence-electron chi connectivity index (χ3n) is 3.15. The van der Waals surface area contributed by atoms with E-state index in [0.29, 0.717) is 0 Å². The van der Waals surface area contributed by atoms with Gasteiger partial charge in [-0.1, -0.05) is 44.0 Å². The molecule has 0 N–H and O–H groups in total. The predicted molar refractivity (Wildman–Crippen MR) is 68.7 cm³/mol. The predicted octanol–water partition coefficient (Wildman–Crippen LogP) is 4.43. The van der Waals surface area contributed by atoms with Gasteiger partial charge in [0.05, 0.1) is 0 Å². The van der Waals surface area contributed by atoms with Crippen molar-refractivity contribution in [2.75, 3.05) is 0 Å². The van der Waals surface area contributed by atoms with Crippen LogP contribution in [0.2, 0.25) is 0 Å². The Balaban J connectivity index is 2.06. The quantitative estimate of drug-likeness (QED) is 0.676. The Bertz CT molecular complexity index is 381. The van der Waals surface area contributed by atoms with Gasteiger partial charge in [-0.2, -0.15) is 0 Å². The van der Waals surface area contributed by atoms with E-state index in [2.05, 4.69) is 38.1 Å². The van der Waals surface area contributed by atoms with Gasteiger partial charge in [0.2, 0.25) is 0 Å². The van der Waals surface area contributed by atoms with Crippen LogP contribution in [-0.2, 0) is 0 Å². The highest BCUT2D eigenvalue weighted by Gasteiger charge is 2.26. The van der Waals surface area contributed by atoms with Crippen LogP contribution >= 0.6 is 0 Å². The summed E-state index contributed by atoms with van der Waals surface area (Å²) in [4.78, 5) is 0. The van der Waals surface area contributed by atoms with Crippen LogP contribution < -0.4 is 4.74 Å². The van der Waals surface area contributed by atoms with Gasteiger partial charge >= 0.3 is 0 Å². The molecule has 0 aromatic heterocycles. The van der Waals surface area contributed by atoms with E-state index in [4.69, 9.17) is 4.74 Å². The van der Waals surface area contributed by atoms with Gasteiger partial charge in [-0.05, 0) is 31.9 Å². The van der Waals surface area contributed by atoms with Gasteiger partial charge in [0, 0.05) is 5.56 Å². The van der Waals surface area contributed by atoms with Gasteiger partial charge in [0.25, 0.3) is 0 Å². The molecule has 0 radical (unpaired) electrons. The van der Waals surface area contributed by atoms with E-state index >= 15 is 0 Å². The molecule has 1 aliphatic heterocycles. The van der Waals surface area contributed by atoms with Crippen molar-refractivity contribution < 1.29 is 4.74 Å². The molecule has 0 spiro atoms. The SMILES string of the molecule is CCCCC[C@@]1(C)C=Cc2ccccc2O1. The molecule has 1 heterocycles. The number of hydrogen-bond donors (Lipinski definition) is 0. The summed E-state index contributed by atoms with van der Waals surface area (Å²) in [6.45, 7) is 4.41. The topological polar surface area (TPSA) is 9.23 Å². The molecule has 0 bridgehead atoms. The molecule has 0 saturated carbocycles. The summed E-state index contributed by atoms with van der Waals surface area (Å²) in [5.41, 5.74) is 1.08. The third kappa shape index (κ3) is 2.46. The van der Waals surface area contributed by atoms with Crippen LogP contribution in [0.1, 0.15) is 45.1 Å². The van der Waals surface area contributed by atoms with Crippen molar-refractivity contribution in [3.63, 3.8) is 0 Å². The van der Waals surface area contributed by atoms with E-state index in [1.165, 1.54) is 24.8 Å². The highest BCUT2D eigenvalue weighted by atomic mass is 16.5. The Morgan fingerprint density at radius 3 is 2.81 bits per heavy atom. The van der Waals surface area contributed by atoms with Crippen LogP contribution in [0.3, 0.4) is 0 Å². The minimum Gasteiger partial charge on any atom is -0.483 e. The van der Waals surface area contributed by atoms with Crippen LogP contribution in [0.4, 0.5) is 0 Å². The first-order chi connectivity index (χ1) is 7.73. The highest BCUT2D eigenvalue weighted by Crippen LogP contribution is 2.33. The Hall–Kier alpha value is -1.24. The lowest BCUT2D eigenvalue weighted by Gasteiger charge is -2.31. The van der Waals surface area contributed by atoms with Crippen molar-refractivity contribution in [3.05, 3.63) is 35.9 Å². The molecule has 1 heteroatoms. The smallest absolute Gasteiger partial charge is 0.127 e. The summed E-state index contributed by atoms with van der Waals surface area (Å²) in [6.07, 6.45) is 9.27. The molecule has 0 aliphatic carbocycles. The standard InChI is InChI=1S/C15H20O/c1-3-4-7-11-15(2)12-10-13-8-5-6-9-14(13)16-15/h5-6,8-10,12H,3-4,7,11H2,1-2H3/t15-/m0/s1. The number of benzene rings is 1. The Morgan fingerprint density at radius 2 is 2.00 bits per heavy atom. The molecule has 1 aromatic rings. The summed E-state index contributed by atoms with van der Waals surface area (Å²) in [5, 5.41) is 0. The first-order valence-electron chi connectivity index (χ1n) is 6.21. The molecule has 0 fully saturated rings. The molecule has 1 nitrogen and oxygen atoms in total. The van der Waals surface area contributed by atoms with Crippen LogP contribution in [0.5, 0.6) is 5.75 Å². The molecule has 0 saturated heterocycles. The van der Waals surface area contributed by atoms with Crippen molar-refractivity contribution in [2.24, 2.45) is 0 Å². The number of fused-ring (bicyclic) bond motifs is 1. The van der Waals surface area contributed by atoms with Gasteiger partial charge in [-0.3, -0.25) is 0 Å². The van der Waals surface area contributed by atoms with Crippen LogP contribution in [0, 0.1) is 0 Å². The van der Waals surface area contributed by atoms with Crippen LogP contribution in [-0.4, -0.2) is 5.60 Å². The van der Waals surface area contributed by atoms with E-state index < -0.39 is 0 Å². The fourth-order valence-corrected chi connectivity index (χ4v) is 2.12. The van der Waals surface area contributed by atoms with Crippen LogP contribution in [0.25, 0.3) is 6.08 Å². The Morgan fingerprint density at radius 1 is 1.19 bits per heavy atom. The first-order valence-corrected chi connectivity index (χ1v) is 6.21. The summed E-state index contributed by atoms with van der Waals surface area (Å²) in [7, 11) is 0. The minimum atomic E-state index is -0.108. The van der Waals surface area contributed by atoms with Gasteiger partial charge in [0.1, 0.15) is 11.4 Å². The molecule has 1 aliphatic rings. The van der Waals surface area contributed by atoms with Crippen LogP contribution in [0.15, 0.2) is 30.3 Å². The number of para-hydroxylation sites is 1. The summed E-state index contributed by atoms with van der Waals surface area (Å²) in [5.74, 6) is 1.02. The normalized spacial score (nSPS) is 22.6. The molecular formula is C15H20O. The van der Waals surface area contributed by atoms with Crippen molar-refractivity contribution in [2.45, 2.75) is 45.1 Å².